The minimum atomic E-state index is -0.115. The van der Waals surface area contributed by atoms with E-state index in [0.717, 1.165) is 43.8 Å². The van der Waals surface area contributed by atoms with E-state index in [-0.39, 0.29) is 11.9 Å². The van der Waals surface area contributed by atoms with Gasteiger partial charge in [0.1, 0.15) is 5.82 Å². The standard InChI is InChI=1S/C26H28N6O/c1-31-12-14-32(15-13-31)24-22-9-8-21(17-23(22)29-26(27)30-24)25(33)28-11-10-18-6-7-19-4-2-3-5-20(19)16-18/h2-9,16-17H,10-15H2,1H3,(H,28,33)(H2,27,29,30). The first-order valence-electron chi connectivity index (χ1n) is 11.3. The van der Waals surface area contributed by atoms with Gasteiger partial charge in [-0.15, -0.1) is 0 Å². The van der Waals surface area contributed by atoms with Gasteiger partial charge in [0.25, 0.3) is 5.91 Å². The summed E-state index contributed by atoms with van der Waals surface area (Å²) in [5.74, 6) is 0.954. The summed E-state index contributed by atoms with van der Waals surface area (Å²) < 4.78 is 0. The van der Waals surface area contributed by atoms with Gasteiger partial charge in [0.2, 0.25) is 5.95 Å². The molecular formula is C26H28N6O. The van der Waals surface area contributed by atoms with Crippen molar-refractivity contribution in [2.75, 3.05) is 50.4 Å². The van der Waals surface area contributed by atoms with Crippen molar-refractivity contribution in [3.8, 4) is 0 Å². The molecule has 168 valence electrons. The highest BCUT2D eigenvalue weighted by molar-refractivity contribution is 6.00. The molecule has 1 saturated heterocycles. The molecule has 4 aromatic rings. The van der Waals surface area contributed by atoms with Crippen molar-refractivity contribution in [1.29, 1.82) is 0 Å². The third-order valence-electron chi connectivity index (χ3n) is 6.27. The Morgan fingerprint density at radius 2 is 1.76 bits per heavy atom. The predicted molar refractivity (Wildman–Crippen MR) is 134 cm³/mol. The highest BCUT2D eigenvalue weighted by atomic mass is 16.1. The molecule has 0 radical (unpaired) electrons. The van der Waals surface area contributed by atoms with E-state index in [0.29, 0.717) is 17.6 Å². The number of amides is 1. The minimum Gasteiger partial charge on any atom is -0.368 e. The summed E-state index contributed by atoms with van der Waals surface area (Å²) in [4.78, 5) is 26.2. The molecule has 0 aliphatic carbocycles. The van der Waals surface area contributed by atoms with Crippen LogP contribution in [-0.2, 0) is 6.42 Å². The molecule has 7 heteroatoms. The number of nitrogens with zero attached hydrogens (tertiary/aromatic N) is 4. The molecule has 0 unspecified atom stereocenters. The second-order valence-electron chi connectivity index (χ2n) is 8.62. The Balaban J connectivity index is 1.29. The van der Waals surface area contributed by atoms with E-state index in [1.807, 2.05) is 24.3 Å². The molecule has 0 bridgehead atoms. The van der Waals surface area contributed by atoms with Crippen molar-refractivity contribution >= 4 is 39.3 Å². The molecule has 1 aliphatic rings. The quantitative estimate of drug-likeness (QED) is 0.496. The Bertz CT molecular complexity index is 1310. The normalized spacial score (nSPS) is 14.6. The topological polar surface area (TPSA) is 87.4 Å². The molecule has 1 amide bonds. The molecule has 1 fully saturated rings. The second-order valence-corrected chi connectivity index (χ2v) is 8.62. The number of nitrogens with two attached hydrogens (primary N) is 1. The Hall–Kier alpha value is -3.71. The van der Waals surface area contributed by atoms with Gasteiger partial charge in [-0.1, -0.05) is 42.5 Å². The number of nitrogens with one attached hydrogen (secondary N) is 1. The molecule has 5 rings (SSSR count). The number of rotatable bonds is 5. The lowest BCUT2D eigenvalue weighted by Gasteiger charge is -2.33. The van der Waals surface area contributed by atoms with Crippen LogP contribution in [0.25, 0.3) is 21.7 Å². The van der Waals surface area contributed by atoms with Crippen molar-refractivity contribution in [3.63, 3.8) is 0 Å². The maximum atomic E-state index is 12.8. The highest BCUT2D eigenvalue weighted by Gasteiger charge is 2.19. The Morgan fingerprint density at radius 3 is 2.58 bits per heavy atom. The average molecular weight is 441 g/mol. The van der Waals surface area contributed by atoms with Gasteiger partial charge in [-0.3, -0.25) is 4.79 Å². The van der Waals surface area contributed by atoms with Crippen molar-refractivity contribution in [2.24, 2.45) is 0 Å². The molecule has 2 heterocycles. The van der Waals surface area contributed by atoms with E-state index in [1.165, 1.54) is 16.3 Å². The van der Waals surface area contributed by atoms with Gasteiger partial charge < -0.3 is 20.9 Å². The lowest BCUT2D eigenvalue weighted by Crippen LogP contribution is -2.45. The van der Waals surface area contributed by atoms with Crippen LogP contribution in [0, 0.1) is 0 Å². The van der Waals surface area contributed by atoms with E-state index in [2.05, 4.69) is 62.5 Å². The Kier molecular flexibility index (Phi) is 5.79. The summed E-state index contributed by atoms with van der Waals surface area (Å²) in [6.07, 6.45) is 0.771. The van der Waals surface area contributed by atoms with Gasteiger partial charge in [-0.05, 0) is 48.0 Å². The number of aromatic nitrogens is 2. The van der Waals surface area contributed by atoms with Crippen molar-refractivity contribution in [3.05, 3.63) is 71.8 Å². The first kappa shape index (κ1) is 21.2. The van der Waals surface area contributed by atoms with Crippen LogP contribution < -0.4 is 16.0 Å². The van der Waals surface area contributed by atoms with Gasteiger partial charge in [-0.2, -0.15) is 4.98 Å². The number of hydrogen-bond acceptors (Lipinski definition) is 6. The van der Waals surface area contributed by atoms with E-state index < -0.39 is 0 Å². The average Bonchev–Trinajstić information content (AvgIpc) is 2.83. The van der Waals surface area contributed by atoms with Crippen molar-refractivity contribution < 1.29 is 4.79 Å². The predicted octanol–water partition coefficient (Wildman–Crippen LogP) is 3.09. The third-order valence-corrected chi connectivity index (χ3v) is 6.27. The van der Waals surface area contributed by atoms with Gasteiger partial charge >= 0.3 is 0 Å². The number of piperazine rings is 1. The SMILES string of the molecule is CN1CCN(c2nc(N)nc3cc(C(=O)NCCc4ccc5ccccc5c4)ccc23)CC1. The number of nitrogen functional groups attached to an aromatic ring is 1. The number of anilines is 2. The van der Waals surface area contributed by atoms with E-state index >= 15 is 0 Å². The van der Waals surface area contributed by atoms with Crippen LogP contribution >= 0.6 is 0 Å². The molecule has 3 aromatic carbocycles. The molecular weight excluding hydrogens is 412 g/mol. The summed E-state index contributed by atoms with van der Waals surface area (Å²) in [6.45, 7) is 4.29. The minimum absolute atomic E-state index is 0.115. The smallest absolute Gasteiger partial charge is 0.251 e. The fraction of sp³-hybridized carbons (Fsp3) is 0.269. The lowest BCUT2D eigenvalue weighted by atomic mass is 10.1. The number of carbonyl (C=O) groups excluding carboxylic acids is 1. The van der Waals surface area contributed by atoms with E-state index in [9.17, 15) is 4.79 Å². The zero-order valence-corrected chi connectivity index (χ0v) is 18.8. The number of benzene rings is 3. The Labute approximate surface area is 193 Å². The van der Waals surface area contributed by atoms with E-state index in [1.54, 1.807) is 6.07 Å². The first-order valence-corrected chi connectivity index (χ1v) is 11.3. The molecule has 33 heavy (non-hydrogen) atoms. The second kappa shape index (κ2) is 9.03. The lowest BCUT2D eigenvalue weighted by molar-refractivity contribution is 0.0954. The summed E-state index contributed by atoms with van der Waals surface area (Å²) in [5, 5.41) is 6.38. The molecule has 0 saturated carbocycles. The van der Waals surface area contributed by atoms with Crippen molar-refractivity contribution in [1.82, 2.24) is 20.2 Å². The van der Waals surface area contributed by atoms with E-state index in [4.69, 9.17) is 5.73 Å². The molecule has 7 nitrogen and oxygen atoms in total. The van der Waals surface area contributed by atoms with Crippen LogP contribution in [0.2, 0.25) is 0 Å². The summed E-state index contributed by atoms with van der Waals surface area (Å²) in [5.41, 5.74) is 8.47. The van der Waals surface area contributed by atoms with Crippen LogP contribution in [0.4, 0.5) is 11.8 Å². The first-order chi connectivity index (χ1) is 16.1. The molecule has 0 atom stereocenters. The van der Waals surface area contributed by atoms with Gasteiger partial charge in [0, 0.05) is 43.7 Å². The van der Waals surface area contributed by atoms with Crippen molar-refractivity contribution in [2.45, 2.75) is 6.42 Å². The fourth-order valence-electron chi connectivity index (χ4n) is 4.35. The number of fused-ring (bicyclic) bond motifs is 2. The molecule has 3 N–H and O–H groups in total. The number of carbonyl (C=O) groups is 1. The number of likely N-dealkylation sites (N-methyl/N-ethyl adjacent to an activating group) is 1. The molecule has 0 spiro atoms. The zero-order valence-electron chi connectivity index (χ0n) is 18.8. The van der Waals surface area contributed by atoms with Gasteiger partial charge in [0.05, 0.1) is 5.52 Å². The monoisotopic (exact) mass is 440 g/mol. The maximum absolute atomic E-state index is 12.8. The zero-order chi connectivity index (χ0) is 22.8. The van der Waals surface area contributed by atoms with Crippen LogP contribution in [-0.4, -0.2) is 60.5 Å². The fourth-order valence-corrected chi connectivity index (χ4v) is 4.35. The molecule has 1 aliphatic heterocycles. The summed E-state index contributed by atoms with van der Waals surface area (Å²) in [6, 6.07) is 20.3. The number of hydrogen-bond donors (Lipinski definition) is 2. The Morgan fingerprint density at radius 1 is 0.970 bits per heavy atom. The van der Waals surface area contributed by atoms with Crippen LogP contribution in [0.5, 0.6) is 0 Å². The van der Waals surface area contributed by atoms with Crippen LogP contribution in [0.15, 0.2) is 60.7 Å². The highest BCUT2D eigenvalue weighted by Crippen LogP contribution is 2.26. The third kappa shape index (κ3) is 4.59. The van der Waals surface area contributed by atoms with Crippen LogP contribution in [0.3, 0.4) is 0 Å². The summed E-state index contributed by atoms with van der Waals surface area (Å²) in [7, 11) is 2.12. The molecule has 1 aromatic heterocycles. The van der Waals surface area contributed by atoms with Gasteiger partial charge in [-0.25, -0.2) is 4.98 Å². The van der Waals surface area contributed by atoms with Crippen LogP contribution in [0.1, 0.15) is 15.9 Å². The largest absolute Gasteiger partial charge is 0.368 e. The summed E-state index contributed by atoms with van der Waals surface area (Å²) >= 11 is 0. The maximum Gasteiger partial charge on any atom is 0.251 e. The van der Waals surface area contributed by atoms with Gasteiger partial charge in [0.15, 0.2) is 0 Å².